The molecule has 0 fully saturated rings. The maximum absolute atomic E-state index is 12.6. The first kappa shape index (κ1) is 9.74. The number of allylic oxidation sites excluding steroid dienone is 1. The minimum atomic E-state index is -0.723. The number of hydrogen-bond acceptors (Lipinski definition) is 2. The second-order valence-corrected chi connectivity index (χ2v) is 4.38. The summed E-state index contributed by atoms with van der Waals surface area (Å²) < 4.78 is 25.8. The molecule has 0 aromatic carbocycles. The number of thiophene rings is 1. The zero-order valence-corrected chi connectivity index (χ0v) is 8.14. The molecule has 4 heteroatoms. The topological polar surface area (TPSA) is 0 Å². The van der Waals surface area contributed by atoms with Gasteiger partial charge in [0.15, 0.2) is 0 Å². The summed E-state index contributed by atoms with van der Waals surface area (Å²) in [5, 5.41) is 1.91. The van der Waals surface area contributed by atoms with Crippen LogP contribution in [0.4, 0.5) is 8.78 Å². The molecule has 0 amide bonds. The van der Waals surface area contributed by atoms with Gasteiger partial charge in [0.25, 0.3) is 0 Å². The molecule has 0 saturated carbocycles. The third-order valence-corrected chi connectivity index (χ3v) is 3.33. The predicted molar refractivity (Wildman–Crippen MR) is 50.0 cm³/mol. The fourth-order valence-electron chi connectivity index (χ4n) is 0.580. The molecule has 0 saturated heterocycles. The van der Waals surface area contributed by atoms with E-state index >= 15 is 0 Å². The maximum Gasteiger partial charge on any atom is 0.141 e. The van der Waals surface area contributed by atoms with Crippen LogP contribution in [-0.4, -0.2) is 5.75 Å². The smallest absolute Gasteiger partial charge is 0.141 e. The molecule has 66 valence electrons. The van der Waals surface area contributed by atoms with Crippen LogP contribution in [0.2, 0.25) is 0 Å². The van der Waals surface area contributed by atoms with Gasteiger partial charge in [0.2, 0.25) is 0 Å². The molecular weight excluding hydrogens is 198 g/mol. The molecule has 0 radical (unpaired) electrons. The van der Waals surface area contributed by atoms with E-state index in [9.17, 15) is 8.78 Å². The minimum Gasteiger partial charge on any atom is -0.209 e. The van der Waals surface area contributed by atoms with E-state index in [2.05, 4.69) is 0 Å². The Kier molecular flexibility index (Phi) is 3.75. The number of hydrogen-bond donors (Lipinski definition) is 0. The minimum absolute atomic E-state index is 0.0862. The van der Waals surface area contributed by atoms with Gasteiger partial charge in [-0.3, -0.25) is 0 Å². The molecule has 0 bridgehead atoms. The van der Waals surface area contributed by atoms with Crippen LogP contribution in [0, 0.1) is 0 Å². The van der Waals surface area contributed by atoms with Crippen LogP contribution in [0.15, 0.2) is 33.4 Å². The normalized spacial score (nSPS) is 12.9. The fourth-order valence-corrected chi connectivity index (χ4v) is 2.29. The number of rotatable bonds is 3. The number of thioether (sulfide) groups is 1. The summed E-state index contributed by atoms with van der Waals surface area (Å²) in [7, 11) is 0. The maximum atomic E-state index is 12.6. The SMILES string of the molecule is C/C(F)=C(\F)CSc1cccs1. The molecule has 0 aliphatic rings. The molecule has 1 heterocycles. The van der Waals surface area contributed by atoms with Gasteiger partial charge in [-0.25, -0.2) is 8.78 Å². The molecule has 0 spiro atoms. The van der Waals surface area contributed by atoms with E-state index in [-0.39, 0.29) is 5.75 Å². The molecule has 0 aliphatic carbocycles. The van der Waals surface area contributed by atoms with Gasteiger partial charge in [-0.1, -0.05) is 6.07 Å². The lowest BCUT2D eigenvalue weighted by atomic mass is 10.5. The van der Waals surface area contributed by atoms with Gasteiger partial charge in [-0.15, -0.1) is 23.1 Å². The fraction of sp³-hybridized carbons (Fsp3) is 0.250. The highest BCUT2D eigenvalue weighted by atomic mass is 32.2. The predicted octanol–water partition coefficient (Wildman–Crippen LogP) is 4.01. The molecule has 0 atom stereocenters. The van der Waals surface area contributed by atoms with Crippen molar-refractivity contribution >= 4 is 23.1 Å². The highest BCUT2D eigenvalue weighted by Crippen LogP contribution is 2.26. The van der Waals surface area contributed by atoms with E-state index in [1.165, 1.54) is 23.1 Å². The molecule has 0 nitrogen and oxygen atoms in total. The van der Waals surface area contributed by atoms with E-state index in [1.807, 2.05) is 17.5 Å². The van der Waals surface area contributed by atoms with Crippen molar-refractivity contribution < 1.29 is 8.78 Å². The first-order chi connectivity index (χ1) is 5.70. The molecule has 1 aromatic heterocycles. The van der Waals surface area contributed by atoms with Crippen molar-refractivity contribution in [2.24, 2.45) is 0 Å². The quantitative estimate of drug-likeness (QED) is 0.673. The lowest BCUT2D eigenvalue weighted by Crippen LogP contribution is -1.80. The van der Waals surface area contributed by atoms with Crippen LogP contribution < -0.4 is 0 Å². The van der Waals surface area contributed by atoms with Crippen LogP contribution in [0.25, 0.3) is 0 Å². The second-order valence-electron chi connectivity index (χ2n) is 2.16. The van der Waals surface area contributed by atoms with Crippen molar-refractivity contribution in [2.45, 2.75) is 11.1 Å². The van der Waals surface area contributed by atoms with Gasteiger partial charge >= 0.3 is 0 Å². The summed E-state index contributed by atoms with van der Waals surface area (Å²) in [6, 6.07) is 3.77. The van der Waals surface area contributed by atoms with E-state index in [1.54, 1.807) is 0 Å². The zero-order chi connectivity index (χ0) is 8.97. The Morgan fingerprint density at radius 1 is 1.58 bits per heavy atom. The van der Waals surface area contributed by atoms with E-state index in [4.69, 9.17) is 0 Å². The van der Waals surface area contributed by atoms with Gasteiger partial charge < -0.3 is 0 Å². The van der Waals surface area contributed by atoms with Crippen LogP contribution >= 0.6 is 23.1 Å². The average Bonchev–Trinajstić information content (AvgIpc) is 2.51. The van der Waals surface area contributed by atoms with Crippen molar-refractivity contribution in [2.75, 3.05) is 5.75 Å². The van der Waals surface area contributed by atoms with Crippen molar-refractivity contribution in [1.29, 1.82) is 0 Å². The third-order valence-electron chi connectivity index (χ3n) is 1.21. The molecule has 0 aliphatic heterocycles. The molecule has 12 heavy (non-hydrogen) atoms. The standard InChI is InChI=1S/C8H8F2S2/c1-6(9)7(10)5-12-8-3-2-4-11-8/h2-4H,5H2,1H3/b7-6+. The van der Waals surface area contributed by atoms with Gasteiger partial charge in [0.1, 0.15) is 11.7 Å². The summed E-state index contributed by atoms with van der Waals surface area (Å²) in [4.78, 5) is 0. The second kappa shape index (κ2) is 4.62. The highest BCUT2D eigenvalue weighted by Gasteiger charge is 2.02. The van der Waals surface area contributed by atoms with Crippen molar-refractivity contribution in [3.8, 4) is 0 Å². The lowest BCUT2D eigenvalue weighted by Gasteiger charge is -1.95. The average molecular weight is 206 g/mol. The monoisotopic (exact) mass is 206 g/mol. The zero-order valence-electron chi connectivity index (χ0n) is 6.51. The van der Waals surface area contributed by atoms with Crippen molar-refractivity contribution in [1.82, 2.24) is 0 Å². The molecule has 0 unspecified atom stereocenters. The Labute approximate surface area is 78.3 Å². The summed E-state index contributed by atoms with van der Waals surface area (Å²) >= 11 is 2.84. The van der Waals surface area contributed by atoms with Crippen LogP contribution in [0.5, 0.6) is 0 Å². The van der Waals surface area contributed by atoms with E-state index in [0.29, 0.717) is 0 Å². The van der Waals surface area contributed by atoms with Crippen LogP contribution in [0.3, 0.4) is 0 Å². The van der Waals surface area contributed by atoms with Gasteiger partial charge in [0, 0.05) is 0 Å². The van der Waals surface area contributed by atoms with E-state index < -0.39 is 11.7 Å². The summed E-state index contributed by atoms with van der Waals surface area (Å²) in [5.74, 6) is -1.31. The summed E-state index contributed by atoms with van der Waals surface area (Å²) in [6.07, 6.45) is 0. The van der Waals surface area contributed by atoms with Crippen LogP contribution in [0.1, 0.15) is 6.92 Å². The third kappa shape index (κ3) is 2.95. The van der Waals surface area contributed by atoms with Gasteiger partial charge in [-0.05, 0) is 18.4 Å². The van der Waals surface area contributed by atoms with Crippen molar-refractivity contribution in [3.63, 3.8) is 0 Å². The largest absolute Gasteiger partial charge is 0.209 e. The molecule has 1 rings (SSSR count). The Morgan fingerprint density at radius 3 is 2.83 bits per heavy atom. The molecule has 0 N–H and O–H groups in total. The Hall–Kier alpha value is -0.350. The van der Waals surface area contributed by atoms with Gasteiger partial charge in [-0.2, -0.15) is 0 Å². The Balaban J connectivity index is 2.42. The van der Waals surface area contributed by atoms with Gasteiger partial charge in [0.05, 0.1) is 9.96 Å². The Bertz CT molecular complexity index is 261. The molecular formula is C8H8F2S2. The highest BCUT2D eigenvalue weighted by molar-refractivity contribution is 8.01. The summed E-state index contributed by atoms with van der Waals surface area (Å²) in [6.45, 7) is 1.13. The van der Waals surface area contributed by atoms with Crippen LogP contribution in [-0.2, 0) is 0 Å². The van der Waals surface area contributed by atoms with E-state index in [0.717, 1.165) is 11.1 Å². The Morgan fingerprint density at radius 2 is 2.33 bits per heavy atom. The van der Waals surface area contributed by atoms with Crippen molar-refractivity contribution in [3.05, 3.63) is 29.2 Å². The number of halogens is 2. The lowest BCUT2D eigenvalue weighted by molar-refractivity contribution is 0.542. The summed E-state index contributed by atoms with van der Waals surface area (Å²) in [5.41, 5.74) is 0. The first-order valence-electron chi connectivity index (χ1n) is 3.37. The first-order valence-corrected chi connectivity index (χ1v) is 5.23. The molecule has 1 aromatic rings.